The third kappa shape index (κ3) is 9.39. The molecule has 3 atom stereocenters. The monoisotopic (exact) mass is 813 g/mol. The number of nitrogens with one attached hydrogen (secondary N) is 1. The number of aliphatic hydroxyl groups is 2. The molecule has 8 nitrogen and oxygen atoms in total. The van der Waals surface area contributed by atoms with Crippen molar-refractivity contribution in [2.75, 3.05) is 6.61 Å². The molecule has 5 aliphatic heterocycles. The van der Waals surface area contributed by atoms with Gasteiger partial charge in [-0.05, 0) is 152 Å². The molecule has 0 aromatic rings. The molecular formula is C52H68N4O4. The van der Waals surface area contributed by atoms with E-state index >= 15 is 0 Å². The van der Waals surface area contributed by atoms with E-state index in [1.54, 1.807) is 6.92 Å². The second kappa shape index (κ2) is 18.8. The highest BCUT2D eigenvalue weighted by atomic mass is 16.5. The first-order valence-corrected chi connectivity index (χ1v) is 22.3. The number of hydrogen-bond donors (Lipinski definition) is 3. The van der Waals surface area contributed by atoms with Gasteiger partial charge in [-0.1, -0.05) is 56.6 Å². The van der Waals surface area contributed by atoms with Crippen LogP contribution < -0.4 is 5.32 Å². The van der Waals surface area contributed by atoms with Gasteiger partial charge in [0.1, 0.15) is 12.4 Å². The van der Waals surface area contributed by atoms with Crippen LogP contribution in [0.2, 0.25) is 0 Å². The highest BCUT2D eigenvalue weighted by molar-refractivity contribution is 6.21. The van der Waals surface area contributed by atoms with Gasteiger partial charge in [0, 0.05) is 52.8 Å². The number of nitrogens with zero attached hydrogens (tertiary/aromatic N) is 3. The molecule has 0 aromatic carbocycles. The van der Waals surface area contributed by atoms with Gasteiger partial charge in [0.15, 0.2) is 0 Å². The van der Waals surface area contributed by atoms with Crippen LogP contribution in [0.25, 0.3) is 0 Å². The predicted octanol–water partition coefficient (Wildman–Crippen LogP) is 12.2. The van der Waals surface area contributed by atoms with E-state index in [0.717, 1.165) is 117 Å². The Bertz CT molecular complexity index is 2280. The molecule has 6 aliphatic rings. The first-order valence-electron chi connectivity index (χ1n) is 22.3. The van der Waals surface area contributed by atoms with Gasteiger partial charge in [-0.2, -0.15) is 0 Å². The molecule has 6 rings (SSSR count). The lowest BCUT2D eigenvalue weighted by Crippen LogP contribution is -2.16. The minimum atomic E-state index is -0.726. The van der Waals surface area contributed by atoms with Gasteiger partial charge in [0.2, 0.25) is 0 Å². The number of hydrogen-bond acceptors (Lipinski definition) is 8. The summed E-state index contributed by atoms with van der Waals surface area (Å²) < 4.78 is 5.79. The van der Waals surface area contributed by atoms with Crippen molar-refractivity contribution in [2.45, 2.75) is 147 Å². The van der Waals surface area contributed by atoms with E-state index in [2.05, 4.69) is 92.8 Å². The highest BCUT2D eigenvalue weighted by Crippen LogP contribution is 2.48. The average molecular weight is 813 g/mol. The van der Waals surface area contributed by atoms with Crippen LogP contribution in [0.15, 0.2) is 141 Å². The molecule has 0 spiro atoms. The Balaban J connectivity index is 1.32. The number of carbonyl (C=O) groups is 1. The fraction of sp³-hybridized carbons (Fsp3) is 0.500. The van der Waals surface area contributed by atoms with Crippen LogP contribution in [-0.4, -0.2) is 46.0 Å². The van der Waals surface area contributed by atoms with Gasteiger partial charge in [0.25, 0.3) is 0 Å². The van der Waals surface area contributed by atoms with Crippen molar-refractivity contribution in [2.24, 2.45) is 32.7 Å². The van der Waals surface area contributed by atoms with Gasteiger partial charge in [-0.3, -0.25) is 4.79 Å². The molecule has 0 radical (unpaired) electrons. The van der Waals surface area contributed by atoms with Crippen LogP contribution in [0.5, 0.6) is 0 Å². The third-order valence-corrected chi connectivity index (χ3v) is 12.8. The number of rotatable bonds is 15. The number of esters is 1. The summed E-state index contributed by atoms with van der Waals surface area (Å²) in [6, 6.07) is 0. The summed E-state index contributed by atoms with van der Waals surface area (Å²) in [6.07, 6.45) is 16.9. The van der Waals surface area contributed by atoms with Crippen LogP contribution in [0, 0.1) is 17.8 Å². The van der Waals surface area contributed by atoms with E-state index in [1.165, 1.54) is 22.3 Å². The Morgan fingerprint density at radius 2 is 1.57 bits per heavy atom. The van der Waals surface area contributed by atoms with Crippen LogP contribution in [0.1, 0.15) is 141 Å². The molecule has 1 fully saturated rings. The fourth-order valence-corrected chi connectivity index (χ4v) is 9.50. The molecule has 8 bridgehead atoms. The molecule has 3 N–H and O–H groups in total. The van der Waals surface area contributed by atoms with Crippen molar-refractivity contribution in [1.29, 1.82) is 0 Å². The van der Waals surface area contributed by atoms with Crippen molar-refractivity contribution in [3.05, 3.63) is 126 Å². The molecule has 60 heavy (non-hydrogen) atoms. The summed E-state index contributed by atoms with van der Waals surface area (Å²) in [4.78, 5) is 29.1. The normalized spacial score (nSPS) is 22.3. The summed E-state index contributed by atoms with van der Waals surface area (Å²) in [5.74, 6) is 0.476. The topological polar surface area (TPSA) is 116 Å². The summed E-state index contributed by atoms with van der Waals surface area (Å²) in [7, 11) is 0. The van der Waals surface area contributed by atoms with Crippen molar-refractivity contribution >= 4 is 23.1 Å². The SMILES string of the molecule is CCC1=C2C=C3N=C(C=C4N=C(C(C)=C4[C@H](C)O)C(C)=C4NC(=C5CC(O)=C1C5=N2)[C@@H](CCC(=O)OCC=C(C)CCC=C(C)CCC=C(C)C)[C@@H]4C)C(C)=C3CC(C)C. The second-order valence-corrected chi connectivity index (χ2v) is 18.2. The Labute approximate surface area is 359 Å². The third-order valence-electron chi connectivity index (χ3n) is 12.8. The van der Waals surface area contributed by atoms with Crippen LogP contribution in [0.4, 0.5) is 0 Å². The molecule has 8 heteroatoms. The van der Waals surface area contributed by atoms with E-state index in [0.29, 0.717) is 30.9 Å². The van der Waals surface area contributed by atoms with Crippen LogP contribution >= 0.6 is 0 Å². The van der Waals surface area contributed by atoms with E-state index in [4.69, 9.17) is 19.7 Å². The minimum Gasteiger partial charge on any atom is -0.511 e. The van der Waals surface area contributed by atoms with E-state index in [9.17, 15) is 15.0 Å². The van der Waals surface area contributed by atoms with Crippen molar-refractivity contribution < 1.29 is 19.7 Å². The highest BCUT2D eigenvalue weighted by Gasteiger charge is 2.43. The number of allylic oxidation sites excluding steroid dienone is 16. The average Bonchev–Trinajstić information content (AvgIpc) is 3.95. The fourth-order valence-electron chi connectivity index (χ4n) is 9.50. The van der Waals surface area contributed by atoms with Gasteiger partial charge in [-0.25, -0.2) is 15.0 Å². The van der Waals surface area contributed by atoms with Gasteiger partial charge < -0.3 is 20.3 Å². The zero-order valence-corrected chi connectivity index (χ0v) is 38.3. The maximum absolute atomic E-state index is 13.4. The lowest BCUT2D eigenvalue weighted by atomic mass is 9.85. The molecular weight excluding hydrogens is 745 g/mol. The largest absolute Gasteiger partial charge is 0.511 e. The lowest BCUT2D eigenvalue weighted by molar-refractivity contribution is -0.142. The maximum atomic E-state index is 13.4. The summed E-state index contributed by atoms with van der Waals surface area (Å²) in [6.45, 7) is 25.7. The van der Waals surface area contributed by atoms with E-state index < -0.39 is 6.10 Å². The van der Waals surface area contributed by atoms with Gasteiger partial charge in [0.05, 0.1) is 40.3 Å². The number of aliphatic imine (C=N–C) groups is 3. The van der Waals surface area contributed by atoms with Gasteiger partial charge in [-0.15, -0.1) is 0 Å². The lowest BCUT2D eigenvalue weighted by Gasteiger charge is -2.18. The smallest absolute Gasteiger partial charge is 0.306 e. The zero-order chi connectivity index (χ0) is 43.6. The van der Waals surface area contributed by atoms with E-state index in [1.807, 2.05) is 19.1 Å². The quantitative estimate of drug-likeness (QED) is 0.112. The number of ether oxygens (including phenoxy) is 1. The van der Waals surface area contributed by atoms with Crippen molar-refractivity contribution in [1.82, 2.24) is 5.32 Å². The zero-order valence-electron chi connectivity index (χ0n) is 38.3. The summed E-state index contributed by atoms with van der Waals surface area (Å²) >= 11 is 0. The number of carbonyl (C=O) groups excluding carboxylic acids is 1. The Hall–Kier alpha value is -4.82. The maximum Gasteiger partial charge on any atom is 0.306 e. The summed E-state index contributed by atoms with van der Waals surface area (Å²) in [5.41, 5.74) is 18.8. The van der Waals surface area contributed by atoms with Crippen LogP contribution in [-0.2, 0) is 9.53 Å². The first kappa shape index (κ1) is 44.7. The Morgan fingerprint density at radius 1 is 0.867 bits per heavy atom. The molecule has 1 saturated heterocycles. The van der Waals surface area contributed by atoms with E-state index in [-0.39, 0.29) is 30.8 Å². The molecule has 0 saturated carbocycles. The molecule has 320 valence electrons. The molecule has 0 aromatic heterocycles. The molecule has 5 heterocycles. The second-order valence-electron chi connectivity index (χ2n) is 18.2. The van der Waals surface area contributed by atoms with Crippen molar-refractivity contribution in [3.8, 4) is 0 Å². The first-order chi connectivity index (χ1) is 28.5. The molecule has 0 unspecified atom stereocenters. The van der Waals surface area contributed by atoms with Gasteiger partial charge >= 0.3 is 5.97 Å². The molecule has 0 amide bonds. The number of fused-ring (bicyclic) bond motifs is 5. The number of aliphatic hydroxyl groups excluding tert-OH is 2. The Morgan fingerprint density at radius 3 is 2.23 bits per heavy atom. The predicted molar refractivity (Wildman–Crippen MR) is 248 cm³/mol. The minimum absolute atomic E-state index is 0.00716. The Kier molecular flexibility index (Phi) is 14.0. The summed E-state index contributed by atoms with van der Waals surface area (Å²) in [5, 5.41) is 26.7. The van der Waals surface area contributed by atoms with Crippen molar-refractivity contribution in [3.63, 3.8) is 0 Å². The van der Waals surface area contributed by atoms with Crippen LogP contribution in [0.3, 0.4) is 0 Å². The molecule has 1 aliphatic carbocycles. The standard InChI is InChI=1S/C52H68N4O4/c1-13-37-42-27-43-39(24-29(4)5)32(8)41(53-43)26-44-47(36(12)57)34(10)50(55-44)35(11)49-33(9)38(51(56-49)40-25-45(58)48(37)52(40)54-42)20-21-46(59)60-23-22-31(7)19-15-18-30(6)17-14-16-28(2)3/h16,18,22,26-27,29,33,36,38,56-58H,13-15,17,19-21,23-25H2,1-12H3/t33-,36-,38-/m0/s1.